The van der Waals surface area contributed by atoms with Gasteiger partial charge in [0, 0.05) is 41.5 Å². The van der Waals surface area contributed by atoms with Crippen LogP contribution in [-0.4, -0.2) is 63.2 Å². The van der Waals surface area contributed by atoms with Crippen molar-refractivity contribution in [3.05, 3.63) is 99.8 Å². The van der Waals surface area contributed by atoms with Crippen LogP contribution in [0.4, 0.5) is 0 Å². The molecule has 2 aliphatic heterocycles. The number of benzene rings is 2. The lowest BCUT2D eigenvalue weighted by Crippen LogP contribution is -2.46. The molecule has 7 nitrogen and oxygen atoms in total. The first-order valence-electron chi connectivity index (χ1n) is 14.2. The molecule has 1 fully saturated rings. The van der Waals surface area contributed by atoms with E-state index >= 15 is 0 Å². The van der Waals surface area contributed by atoms with E-state index in [2.05, 4.69) is 26.9 Å². The van der Waals surface area contributed by atoms with Crippen LogP contribution in [-0.2, 0) is 23.5 Å². The van der Waals surface area contributed by atoms with E-state index in [0.717, 1.165) is 78.2 Å². The lowest BCUT2D eigenvalue weighted by Gasteiger charge is -2.38. The molecule has 2 aromatic carbocycles. The number of aliphatic hydroxyl groups is 1. The summed E-state index contributed by atoms with van der Waals surface area (Å²) in [5, 5.41) is 20.9. The van der Waals surface area contributed by atoms with Crippen molar-refractivity contribution in [3.8, 4) is 5.75 Å². The highest BCUT2D eigenvalue weighted by Gasteiger charge is 2.27. The molecule has 0 spiro atoms. The summed E-state index contributed by atoms with van der Waals surface area (Å²) in [6.45, 7) is 7.37. The molecular weight excluding hydrogens is 538 g/mol. The van der Waals surface area contributed by atoms with Crippen LogP contribution in [0, 0.1) is 0 Å². The Hall–Kier alpha value is -3.23. The lowest BCUT2D eigenvalue weighted by molar-refractivity contribution is -0.139. The van der Waals surface area contributed by atoms with Crippen LogP contribution in [0.5, 0.6) is 5.75 Å². The van der Waals surface area contributed by atoms with Gasteiger partial charge in [-0.3, -0.25) is 14.7 Å². The molecule has 3 aromatic rings. The van der Waals surface area contributed by atoms with E-state index in [-0.39, 0.29) is 12.6 Å². The first-order chi connectivity index (χ1) is 19.7. The molecule has 0 bridgehead atoms. The summed E-state index contributed by atoms with van der Waals surface area (Å²) in [5.41, 5.74) is 4.96. The van der Waals surface area contributed by atoms with Crippen molar-refractivity contribution in [1.82, 2.24) is 14.8 Å². The van der Waals surface area contributed by atoms with Gasteiger partial charge in [-0.15, -0.1) is 0 Å². The number of hydrogen-bond acceptors (Lipinski definition) is 6. The number of rotatable bonds is 9. The predicted molar refractivity (Wildman–Crippen MR) is 161 cm³/mol. The minimum absolute atomic E-state index is 0.0287. The number of ether oxygens (including phenoxy) is 1. The number of carboxylic acid groups (broad SMARTS) is 1. The van der Waals surface area contributed by atoms with Gasteiger partial charge >= 0.3 is 5.97 Å². The Balaban J connectivity index is 1.27. The zero-order chi connectivity index (χ0) is 29.0. The van der Waals surface area contributed by atoms with Crippen molar-refractivity contribution < 1.29 is 19.7 Å². The predicted octanol–water partition coefficient (Wildman–Crippen LogP) is 5.73. The average Bonchev–Trinajstić information content (AvgIpc) is 3.10. The van der Waals surface area contributed by atoms with Gasteiger partial charge in [0.2, 0.25) is 0 Å². The number of nitrogens with zero attached hydrogens (tertiary/aromatic N) is 3. The SMILES string of the molecule is CC(C)(O)c1ccc2c(c1)/C(=C\CCN1CCC(N(CC(=O)O)Cc3ccc(Cl)cc3)CC1)c1cccnc1CO2. The zero-order valence-electron chi connectivity index (χ0n) is 23.7. The normalized spacial score (nSPS) is 17.1. The van der Waals surface area contributed by atoms with Crippen LogP contribution in [0.15, 0.2) is 66.9 Å². The third kappa shape index (κ3) is 7.35. The van der Waals surface area contributed by atoms with Crippen molar-refractivity contribution in [2.24, 2.45) is 0 Å². The van der Waals surface area contributed by atoms with Crippen molar-refractivity contribution >= 4 is 23.1 Å². The summed E-state index contributed by atoms with van der Waals surface area (Å²) >= 11 is 6.03. The summed E-state index contributed by atoms with van der Waals surface area (Å²) in [6.07, 6.45) is 6.77. The van der Waals surface area contributed by atoms with Gasteiger partial charge in [-0.05, 0) is 93.2 Å². The molecule has 0 radical (unpaired) electrons. The van der Waals surface area contributed by atoms with Crippen LogP contribution in [0.3, 0.4) is 0 Å². The first-order valence-corrected chi connectivity index (χ1v) is 14.6. The second kappa shape index (κ2) is 12.7. The number of aromatic nitrogens is 1. The molecule has 216 valence electrons. The van der Waals surface area contributed by atoms with Gasteiger partial charge < -0.3 is 19.8 Å². The Labute approximate surface area is 247 Å². The summed E-state index contributed by atoms with van der Waals surface area (Å²) in [6, 6.07) is 17.8. The standard InChI is InChI=1S/C33H38ClN3O4/c1-33(2,40)24-9-12-31-29(19-24)27(28-5-3-15-35-30(28)22-41-31)6-4-16-36-17-13-26(14-18-36)37(21-32(38)39)20-23-7-10-25(34)11-8-23/h3,5-12,15,19,26,40H,4,13-14,16-18,20-22H2,1-2H3,(H,38,39)/b27-6-. The van der Waals surface area contributed by atoms with E-state index in [9.17, 15) is 15.0 Å². The van der Waals surface area contributed by atoms with Crippen LogP contribution in [0.2, 0.25) is 5.02 Å². The van der Waals surface area contributed by atoms with Crippen LogP contribution >= 0.6 is 11.6 Å². The average molecular weight is 576 g/mol. The molecule has 0 saturated carbocycles. The van der Waals surface area contributed by atoms with Gasteiger partial charge in [0.25, 0.3) is 0 Å². The van der Waals surface area contributed by atoms with Gasteiger partial charge in [-0.25, -0.2) is 0 Å². The lowest BCUT2D eigenvalue weighted by atomic mass is 9.90. The van der Waals surface area contributed by atoms with Gasteiger partial charge in [0.05, 0.1) is 17.8 Å². The van der Waals surface area contributed by atoms with E-state index in [4.69, 9.17) is 16.3 Å². The third-order valence-electron chi connectivity index (χ3n) is 8.03. The molecule has 1 saturated heterocycles. The largest absolute Gasteiger partial charge is 0.487 e. The molecular formula is C33H38ClN3O4. The van der Waals surface area contributed by atoms with Gasteiger partial charge in [-0.1, -0.05) is 41.9 Å². The van der Waals surface area contributed by atoms with Gasteiger partial charge in [-0.2, -0.15) is 0 Å². The summed E-state index contributed by atoms with van der Waals surface area (Å²) < 4.78 is 6.13. The number of pyridine rings is 1. The first kappa shape index (κ1) is 29.3. The minimum Gasteiger partial charge on any atom is -0.487 e. The highest BCUT2D eigenvalue weighted by Crippen LogP contribution is 2.38. The van der Waals surface area contributed by atoms with E-state index in [1.165, 1.54) is 0 Å². The number of carboxylic acids is 1. The molecule has 2 aliphatic rings. The summed E-state index contributed by atoms with van der Waals surface area (Å²) in [7, 11) is 0. The fourth-order valence-electron chi connectivity index (χ4n) is 5.77. The molecule has 0 unspecified atom stereocenters. The van der Waals surface area contributed by atoms with Crippen molar-refractivity contribution in [1.29, 1.82) is 0 Å². The Morgan fingerprint density at radius 2 is 1.90 bits per heavy atom. The van der Waals surface area contributed by atoms with E-state index < -0.39 is 11.6 Å². The van der Waals surface area contributed by atoms with Crippen LogP contribution in [0.1, 0.15) is 61.1 Å². The Morgan fingerprint density at radius 3 is 2.61 bits per heavy atom. The number of carbonyl (C=O) groups is 1. The fourth-order valence-corrected chi connectivity index (χ4v) is 5.89. The number of halogens is 1. The number of piperidine rings is 1. The molecule has 0 amide bonds. The molecule has 3 heterocycles. The van der Waals surface area contributed by atoms with Crippen LogP contribution < -0.4 is 4.74 Å². The number of likely N-dealkylation sites (tertiary alicyclic amines) is 1. The fraction of sp³-hybridized carbons (Fsp3) is 0.394. The minimum atomic E-state index is -0.962. The quantitative estimate of drug-likeness (QED) is 0.337. The van der Waals surface area contributed by atoms with Gasteiger partial charge in [0.1, 0.15) is 12.4 Å². The van der Waals surface area contributed by atoms with Crippen molar-refractivity contribution in [2.75, 3.05) is 26.2 Å². The number of aliphatic carboxylic acids is 1. The molecule has 0 atom stereocenters. The maximum atomic E-state index is 11.6. The molecule has 1 aromatic heterocycles. The third-order valence-corrected chi connectivity index (χ3v) is 8.28. The number of fused-ring (bicyclic) bond motifs is 2. The Morgan fingerprint density at radius 1 is 1.15 bits per heavy atom. The molecule has 41 heavy (non-hydrogen) atoms. The highest BCUT2D eigenvalue weighted by atomic mass is 35.5. The van der Waals surface area contributed by atoms with E-state index in [1.807, 2.05) is 48.5 Å². The maximum absolute atomic E-state index is 11.6. The Bertz CT molecular complexity index is 1390. The van der Waals surface area contributed by atoms with Crippen molar-refractivity contribution in [2.45, 2.75) is 57.9 Å². The monoisotopic (exact) mass is 575 g/mol. The second-order valence-electron chi connectivity index (χ2n) is 11.5. The molecule has 5 rings (SSSR count). The zero-order valence-corrected chi connectivity index (χ0v) is 24.5. The summed E-state index contributed by atoms with van der Waals surface area (Å²) in [5.74, 6) is -0.00883. The highest BCUT2D eigenvalue weighted by molar-refractivity contribution is 6.30. The smallest absolute Gasteiger partial charge is 0.317 e. The van der Waals surface area contributed by atoms with Crippen molar-refractivity contribution in [3.63, 3.8) is 0 Å². The second-order valence-corrected chi connectivity index (χ2v) is 11.9. The topological polar surface area (TPSA) is 86.1 Å². The molecule has 0 aliphatic carbocycles. The Kier molecular flexibility index (Phi) is 9.09. The van der Waals surface area contributed by atoms with E-state index in [0.29, 0.717) is 18.2 Å². The summed E-state index contributed by atoms with van der Waals surface area (Å²) in [4.78, 5) is 20.7. The molecule has 8 heteroatoms. The number of hydrogen-bond donors (Lipinski definition) is 2. The van der Waals surface area contributed by atoms with Crippen LogP contribution in [0.25, 0.3) is 5.57 Å². The van der Waals surface area contributed by atoms with Gasteiger partial charge in [0.15, 0.2) is 0 Å². The van der Waals surface area contributed by atoms with E-state index in [1.54, 1.807) is 20.0 Å². The maximum Gasteiger partial charge on any atom is 0.317 e. The molecule has 2 N–H and O–H groups in total.